The van der Waals surface area contributed by atoms with Gasteiger partial charge in [-0.3, -0.25) is 9.11 Å². The molecule has 2 N–H and O–H groups in total. The molecule has 0 atom stereocenters. The average molecular weight is 654 g/mol. The van der Waals surface area contributed by atoms with E-state index in [2.05, 4.69) is 45.9 Å². The summed E-state index contributed by atoms with van der Waals surface area (Å²) in [5.41, 5.74) is 4.06. The van der Waals surface area contributed by atoms with Gasteiger partial charge in [0, 0.05) is 17.9 Å². The molecule has 222 valence electrons. The second kappa shape index (κ2) is 12.0. The van der Waals surface area contributed by atoms with Crippen molar-refractivity contribution in [2.24, 2.45) is 0 Å². The molecule has 12 heteroatoms. The van der Waals surface area contributed by atoms with Gasteiger partial charge in [0.1, 0.15) is 4.70 Å². The molecule has 0 saturated heterocycles. The van der Waals surface area contributed by atoms with Crippen molar-refractivity contribution in [3.05, 3.63) is 95.0 Å². The monoisotopic (exact) mass is 653 g/mol. The van der Waals surface area contributed by atoms with Crippen LogP contribution in [0, 0.1) is 0 Å². The standard InChI is InChI=1S/C31H28N2O6S4/c34-42(35,36)18-6-16-32-26-20-24(22-8-2-1-3-9-22)13-14-27(26)40-29(32)21-30-33(17-7-19-43(37,38)39)31-25-11-5-4-10-23(25)12-15-28(31)41-30/h1-5,8-15,20-21H,6-7,16-19H2,(H-,34,35,36,37,38,39)/p+1. The van der Waals surface area contributed by atoms with Crippen LogP contribution >= 0.6 is 23.1 Å². The average Bonchev–Trinajstić information content (AvgIpc) is 3.49. The summed E-state index contributed by atoms with van der Waals surface area (Å²) in [5, 5.41) is 3.92. The van der Waals surface area contributed by atoms with Gasteiger partial charge < -0.3 is 4.90 Å². The largest absolute Gasteiger partial charge is 0.335 e. The smallest absolute Gasteiger partial charge is 0.265 e. The summed E-state index contributed by atoms with van der Waals surface area (Å²) in [6.07, 6.45) is 2.53. The number of aromatic nitrogens is 1. The summed E-state index contributed by atoms with van der Waals surface area (Å²) in [4.78, 5) is 3.12. The summed E-state index contributed by atoms with van der Waals surface area (Å²) < 4.78 is 68.1. The molecule has 43 heavy (non-hydrogen) atoms. The molecule has 5 aromatic rings. The number of thiazole rings is 1. The van der Waals surface area contributed by atoms with E-state index in [0.29, 0.717) is 13.1 Å². The van der Waals surface area contributed by atoms with Gasteiger partial charge in [-0.25, -0.2) is 0 Å². The minimum Gasteiger partial charge on any atom is -0.335 e. The normalized spacial score (nSPS) is 14.7. The molecule has 0 saturated carbocycles. The first-order valence-corrected chi connectivity index (χ1v) is 18.5. The van der Waals surface area contributed by atoms with Crippen molar-refractivity contribution < 1.29 is 30.5 Å². The number of fused-ring (bicyclic) bond motifs is 4. The zero-order valence-corrected chi connectivity index (χ0v) is 26.2. The second-order valence-corrected chi connectivity index (χ2v) is 15.6. The minimum absolute atomic E-state index is 0.233. The minimum atomic E-state index is -4.11. The van der Waals surface area contributed by atoms with Crippen LogP contribution in [0.5, 0.6) is 0 Å². The van der Waals surface area contributed by atoms with E-state index in [1.807, 2.05) is 54.6 Å². The lowest BCUT2D eigenvalue weighted by atomic mass is 10.0. The molecule has 2 heterocycles. The van der Waals surface area contributed by atoms with Gasteiger partial charge in [-0.2, -0.15) is 21.4 Å². The predicted octanol–water partition coefficient (Wildman–Crippen LogP) is 6.48. The van der Waals surface area contributed by atoms with Gasteiger partial charge in [-0.15, -0.1) is 0 Å². The molecule has 0 fully saturated rings. The van der Waals surface area contributed by atoms with Crippen LogP contribution in [0.2, 0.25) is 0 Å². The zero-order valence-electron chi connectivity index (χ0n) is 23.0. The highest BCUT2D eigenvalue weighted by molar-refractivity contribution is 8.04. The van der Waals surface area contributed by atoms with E-state index in [9.17, 15) is 25.9 Å². The van der Waals surface area contributed by atoms with E-state index < -0.39 is 20.2 Å². The zero-order chi connectivity index (χ0) is 30.2. The van der Waals surface area contributed by atoms with Gasteiger partial charge in [0.2, 0.25) is 5.52 Å². The van der Waals surface area contributed by atoms with Crippen molar-refractivity contribution in [3.8, 4) is 11.1 Å². The first kappa shape index (κ1) is 29.8. The number of hydrogen-bond acceptors (Lipinski definition) is 7. The van der Waals surface area contributed by atoms with E-state index in [1.165, 1.54) is 0 Å². The summed E-state index contributed by atoms with van der Waals surface area (Å²) >= 11 is 3.17. The lowest BCUT2D eigenvalue weighted by molar-refractivity contribution is -0.667. The van der Waals surface area contributed by atoms with Crippen molar-refractivity contribution in [3.63, 3.8) is 0 Å². The number of aryl methyl sites for hydroxylation is 1. The number of rotatable bonds is 10. The van der Waals surface area contributed by atoms with Gasteiger partial charge in [-0.05, 0) is 47.2 Å². The molecule has 0 unspecified atom stereocenters. The lowest BCUT2D eigenvalue weighted by Gasteiger charge is -2.20. The van der Waals surface area contributed by atoms with Crippen LogP contribution in [0.3, 0.4) is 0 Å². The molecule has 0 aliphatic carbocycles. The summed E-state index contributed by atoms with van der Waals surface area (Å²) in [7, 11) is -8.22. The fourth-order valence-electron chi connectivity index (χ4n) is 5.37. The Hall–Kier alpha value is -3.26. The molecule has 0 bridgehead atoms. The van der Waals surface area contributed by atoms with E-state index in [0.717, 1.165) is 52.7 Å². The highest BCUT2D eigenvalue weighted by Crippen LogP contribution is 2.48. The molecule has 6 rings (SSSR count). The Kier molecular flexibility index (Phi) is 8.33. The van der Waals surface area contributed by atoms with E-state index >= 15 is 0 Å². The quantitative estimate of drug-likeness (QED) is 0.130. The van der Waals surface area contributed by atoms with Gasteiger partial charge in [0.25, 0.3) is 25.2 Å². The van der Waals surface area contributed by atoms with Crippen LogP contribution in [-0.2, 0) is 26.8 Å². The Morgan fingerprint density at radius 3 is 2.28 bits per heavy atom. The van der Waals surface area contributed by atoms with Gasteiger partial charge in [-0.1, -0.05) is 83.8 Å². The molecule has 0 radical (unpaired) electrons. The number of benzene rings is 4. The maximum atomic E-state index is 11.5. The third-order valence-corrected chi connectivity index (χ3v) is 11.1. The first-order valence-electron chi connectivity index (χ1n) is 13.7. The van der Waals surface area contributed by atoms with Crippen molar-refractivity contribution in [2.45, 2.75) is 24.3 Å². The number of hydrogen-bond donors (Lipinski definition) is 2. The van der Waals surface area contributed by atoms with Crippen LogP contribution < -0.4 is 9.47 Å². The van der Waals surface area contributed by atoms with Crippen molar-refractivity contribution in [1.29, 1.82) is 0 Å². The van der Waals surface area contributed by atoms with Gasteiger partial charge in [0.05, 0.1) is 33.7 Å². The van der Waals surface area contributed by atoms with Crippen LogP contribution in [0.15, 0.2) is 94.9 Å². The molecule has 4 aromatic carbocycles. The van der Waals surface area contributed by atoms with E-state index in [1.54, 1.807) is 23.1 Å². The maximum absolute atomic E-state index is 11.5. The van der Waals surface area contributed by atoms with Crippen molar-refractivity contribution in [1.82, 2.24) is 0 Å². The van der Waals surface area contributed by atoms with Crippen LogP contribution in [-0.4, -0.2) is 44.0 Å². The SMILES string of the molecule is O=S(=O)(O)CCCN1C(=Cc2sc3ccc4ccccc4c3[n+]2CCCS(=O)(=O)O)Sc2ccc(-c3ccccc3)cc21. The Morgan fingerprint density at radius 2 is 1.51 bits per heavy atom. The van der Waals surface area contributed by atoms with Crippen LogP contribution in [0.25, 0.3) is 38.2 Å². The number of nitrogens with zero attached hydrogens (tertiary/aromatic N) is 2. The topological polar surface area (TPSA) is 116 Å². The molecule has 0 amide bonds. The Balaban J connectivity index is 1.45. The molecule has 0 spiro atoms. The second-order valence-electron chi connectivity index (χ2n) is 10.3. The van der Waals surface area contributed by atoms with Crippen LogP contribution in [0.1, 0.15) is 17.8 Å². The van der Waals surface area contributed by atoms with Crippen molar-refractivity contribution >= 4 is 76.1 Å². The Bertz CT molecular complexity index is 2070. The third kappa shape index (κ3) is 6.79. The fraction of sp³-hybridized carbons (Fsp3) is 0.194. The third-order valence-electron chi connectivity index (χ3n) is 7.27. The molecular formula is C31H29N2O6S4+. The lowest BCUT2D eigenvalue weighted by Crippen LogP contribution is -2.36. The van der Waals surface area contributed by atoms with Gasteiger partial charge in [0.15, 0.2) is 6.54 Å². The van der Waals surface area contributed by atoms with E-state index in [-0.39, 0.29) is 24.3 Å². The number of anilines is 1. The first-order chi connectivity index (χ1) is 20.6. The molecule has 1 aliphatic rings. The fourth-order valence-corrected chi connectivity index (χ4v) is 8.68. The highest BCUT2D eigenvalue weighted by atomic mass is 32.2. The summed E-state index contributed by atoms with van der Waals surface area (Å²) in [6.45, 7) is 0.756. The molecular weight excluding hydrogens is 625 g/mol. The van der Waals surface area contributed by atoms with Gasteiger partial charge >= 0.3 is 0 Å². The Morgan fingerprint density at radius 1 is 0.791 bits per heavy atom. The number of thioether (sulfide) groups is 1. The van der Waals surface area contributed by atoms with E-state index in [4.69, 9.17) is 0 Å². The highest BCUT2D eigenvalue weighted by Gasteiger charge is 2.29. The summed E-state index contributed by atoms with van der Waals surface area (Å²) in [5.74, 6) is -0.692. The molecule has 1 aromatic heterocycles. The maximum Gasteiger partial charge on any atom is 0.265 e. The molecule has 1 aliphatic heterocycles. The summed E-state index contributed by atoms with van der Waals surface area (Å²) in [6, 6.07) is 28.4. The Labute approximate surface area is 258 Å². The van der Waals surface area contributed by atoms with Crippen LogP contribution in [0.4, 0.5) is 5.69 Å². The molecule has 8 nitrogen and oxygen atoms in total. The predicted molar refractivity (Wildman–Crippen MR) is 175 cm³/mol. The van der Waals surface area contributed by atoms with Crippen molar-refractivity contribution in [2.75, 3.05) is 23.0 Å².